The van der Waals surface area contributed by atoms with Crippen LogP contribution in [0.4, 0.5) is 10.1 Å². The number of carbonyl (C=O) groups excluding carboxylic acids is 2. The lowest BCUT2D eigenvalue weighted by Gasteiger charge is -2.19. The molecule has 0 bridgehead atoms. The quantitative estimate of drug-likeness (QED) is 0.858. The minimum absolute atomic E-state index is 0.0577. The second-order valence-corrected chi connectivity index (χ2v) is 6.03. The molecule has 3 rings (SSSR count). The number of imide groups is 1. The molecule has 130 valence electrons. The lowest BCUT2D eigenvalue weighted by molar-refractivity contribution is -0.138. The summed E-state index contributed by atoms with van der Waals surface area (Å²) in [6, 6.07) is 1.01. The SMILES string of the molecule is CC1=C(C)C(=O)N(c2c(F)cc3onc(C(C)C(=O)O)c3c2C)C1=O. The number of rotatable bonds is 3. The number of aromatic nitrogens is 1. The Labute approximate surface area is 141 Å². The monoisotopic (exact) mass is 346 g/mol. The van der Waals surface area contributed by atoms with Crippen molar-refractivity contribution >= 4 is 34.4 Å². The molecular weight excluding hydrogens is 331 g/mol. The topological polar surface area (TPSA) is 101 Å². The fraction of sp³-hybridized carbons (Fsp3) is 0.294. The minimum Gasteiger partial charge on any atom is -0.481 e. The number of benzene rings is 1. The van der Waals surface area contributed by atoms with Crippen LogP contribution in [0.1, 0.15) is 37.9 Å². The summed E-state index contributed by atoms with van der Waals surface area (Å²) in [5, 5.41) is 13.2. The van der Waals surface area contributed by atoms with Crippen LogP contribution in [0.2, 0.25) is 0 Å². The zero-order valence-corrected chi connectivity index (χ0v) is 14.0. The zero-order valence-electron chi connectivity index (χ0n) is 14.0. The van der Waals surface area contributed by atoms with Crippen molar-refractivity contribution in [3.8, 4) is 0 Å². The van der Waals surface area contributed by atoms with E-state index in [1.54, 1.807) is 0 Å². The normalized spacial score (nSPS) is 16.3. The highest BCUT2D eigenvalue weighted by Crippen LogP contribution is 2.38. The minimum atomic E-state index is -1.12. The molecule has 1 unspecified atom stereocenters. The lowest BCUT2D eigenvalue weighted by Crippen LogP contribution is -2.32. The Morgan fingerprint density at radius 2 is 1.80 bits per heavy atom. The van der Waals surface area contributed by atoms with Crippen molar-refractivity contribution < 1.29 is 28.4 Å². The van der Waals surface area contributed by atoms with Crippen LogP contribution in [-0.4, -0.2) is 28.0 Å². The van der Waals surface area contributed by atoms with E-state index in [1.807, 2.05) is 0 Å². The van der Waals surface area contributed by atoms with Crippen LogP contribution >= 0.6 is 0 Å². The molecule has 1 atom stereocenters. The Morgan fingerprint density at radius 3 is 2.32 bits per heavy atom. The van der Waals surface area contributed by atoms with Crippen LogP contribution < -0.4 is 4.90 Å². The van der Waals surface area contributed by atoms with E-state index in [-0.39, 0.29) is 39.1 Å². The van der Waals surface area contributed by atoms with Gasteiger partial charge in [0.2, 0.25) is 0 Å². The number of anilines is 1. The third-order valence-electron chi connectivity index (χ3n) is 4.57. The molecule has 0 aliphatic carbocycles. The van der Waals surface area contributed by atoms with Crippen LogP contribution in [0.5, 0.6) is 0 Å². The molecule has 0 fully saturated rings. The molecule has 25 heavy (non-hydrogen) atoms. The van der Waals surface area contributed by atoms with Gasteiger partial charge in [-0.25, -0.2) is 9.29 Å². The van der Waals surface area contributed by atoms with Gasteiger partial charge in [-0.3, -0.25) is 14.4 Å². The van der Waals surface area contributed by atoms with E-state index in [0.29, 0.717) is 0 Å². The summed E-state index contributed by atoms with van der Waals surface area (Å²) in [5.41, 5.74) is 0.676. The van der Waals surface area contributed by atoms with Crippen LogP contribution in [0.15, 0.2) is 21.7 Å². The van der Waals surface area contributed by atoms with Gasteiger partial charge in [0.1, 0.15) is 11.6 Å². The molecule has 1 aliphatic heterocycles. The summed E-state index contributed by atoms with van der Waals surface area (Å²) < 4.78 is 19.7. The fourth-order valence-electron chi connectivity index (χ4n) is 2.91. The van der Waals surface area contributed by atoms with Crippen LogP contribution in [0.3, 0.4) is 0 Å². The van der Waals surface area contributed by atoms with Gasteiger partial charge < -0.3 is 9.63 Å². The Balaban J connectivity index is 2.28. The highest BCUT2D eigenvalue weighted by atomic mass is 19.1. The second-order valence-electron chi connectivity index (χ2n) is 6.03. The van der Waals surface area contributed by atoms with E-state index in [9.17, 15) is 23.9 Å². The molecule has 1 aromatic carbocycles. The fourth-order valence-corrected chi connectivity index (χ4v) is 2.91. The molecule has 2 heterocycles. The summed E-state index contributed by atoms with van der Waals surface area (Å²) in [6.07, 6.45) is 0. The van der Waals surface area contributed by atoms with E-state index in [1.165, 1.54) is 27.7 Å². The molecule has 1 N–H and O–H groups in total. The lowest BCUT2D eigenvalue weighted by atomic mass is 9.99. The van der Waals surface area contributed by atoms with Gasteiger partial charge in [-0.05, 0) is 33.3 Å². The molecule has 2 amide bonds. The number of fused-ring (bicyclic) bond motifs is 1. The van der Waals surface area contributed by atoms with Gasteiger partial charge in [-0.2, -0.15) is 0 Å². The van der Waals surface area contributed by atoms with Crippen molar-refractivity contribution in [3.05, 3.63) is 34.3 Å². The van der Waals surface area contributed by atoms with E-state index < -0.39 is 29.5 Å². The second kappa shape index (κ2) is 5.51. The standard InChI is InChI=1S/C17H15FN2O5/c1-6-7(2)16(22)20(15(6)21)14-8(3)12-11(5-10(14)18)25-19-13(12)9(4)17(23)24/h5,9H,1-4H3,(H,23,24). The predicted molar refractivity (Wildman–Crippen MR) is 85.6 cm³/mol. The Morgan fingerprint density at radius 1 is 1.24 bits per heavy atom. The highest BCUT2D eigenvalue weighted by molar-refractivity contribution is 6.33. The van der Waals surface area contributed by atoms with Gasteiger partial charge in [0.15, 0.2) is 11.4 Å². The maximum atomic E-state index is 14.6. The van der Waals surface area contributed by atoms with E-state index in [4.69, 9.17) is 4.52 Å². The number of aryl methyl sites for hydroxylation is 1. The van der Waals surface area contributed by atoms with Crippen molar-refractivity contribution in [2.45, 2.75) is 33.6 Å². The molecule has 1 aliphatic rings. The maximum Gasteiger partial charge on any atom is 0.312 e. The average Bonchev–Trinajstić information content (AvgIpc) is 3.05. The van der Waals surface area contributed by atoms with Crippen molar-refractivity contribution in [1.29, 1.82) is 0 Å². The Kier molecular flexibility index (Phi) is 3.70. The summed E-state index contributed by atoms with van der Waals surface area (Å²) in [7, 11) is 0. The predicted octanol–water partition coefficient (Wildman–Crippen LogP) is 2.67. The number of carboxylic acid groups (broad SMARTS) is 1. The largest absolute Gasteiger partial charge is 0.481 e. The van der Waals surface area contributed by atoms with E-state index in [2.05, 4.69) is 5.16 Å². The molecule has 1 aromatic heterocycles. The first-order valence-corrected chi connectivity index (χ1v) is 7.54. The third-order valence-corrected chi connectivity index (χ3v) is 4.57. The van der Waals surface area contributed by atoms with Gasteiger partial charge in [0.05, 0.1) is 11.1 Å². The highest BCUT2D eigenvalue weighted by Gasteiger charge is 2.38. The number of amides is 2. The molecule has 2 aromatic rings. The van der Waals surface area contributed by atoms with Gasteiger partial charge in [-0.1, -0.05) is 5.16 Å². The molecule has 8 heteroatoms. The molecule has 0 spiro atoms. The van der Waals surface area contributed by atoms with Crippen molar-refractivity contribution in [1.82, 2.24) is 5.16 Å². The zero-order chi connectivity index (χ0) is 18.6. The van der Waals surface area contributed by atoms with Gasteiger partial charge in [0, 0.05) is 17.2 Å². The molecule has 7 nitrogen and oxygen atoms in total. The Bertz CT molecular complexity index is 965. The summed E-state index contributed by atoms with van der Waals surface area (Å²) in [5.74, 6) is -4.15. The van der Waals surface area contributed by atoms with Gasteiger partial charge in [0.25, 0.3) is 11.8 Å². The van der Waals surface area contributed by atoms with Crippen LogP contribution in [0.25, 0.3) is 11.0 Å². The average molecular weight is 346 g/mol. The van der Waals surface area contributed by atoms with Crippen LogP contribution in [0, 0.1) is 12.7 Å². The number of aliphatic carboxylic acids is 1. The molecule has 0 saturated carbocycles. The van der Waals surface area contributed by atoms with E-state index in [0.717, 1.165) is 11.0 Å². The summed E-state index contributed by atoms with van der Waals surface area (Å²) in [4.78, 5) is 36.8. The molecule has 0 radical (unpaired) electrons. The number of hydrogen-bond donors (Lipinski definition) is 1. The number of hydrogen-bond acceptors (Lipinski definition) is 5. The maximum absolute atomic E-state index is 14.6. The number of halogens is 1. The van der Waals surface area contributed by atoms with Gasteiger partial charge in [-0.15, -0.1) is 0 Å². The van der Waals surface area contributed by atoms with Crippen molar-refractivity contribution in [3.63, 3.8) is 0 Å². The third kappa shape index (κ3) is 2.25. The van der Waals surface area contributed by atoms with E-state index >= 15 is 0 Å². The molecular formula is C17H15FN2O5. The van der Waals surface area contributed by atoms with Crippen molar-refractivity contribution in [2.75, 3.05) is 4.90 Å². The van der Waals surface area contributed by atoms with Crippen LogP contribution in [-0.2, 0) is 14.4 Å². The first-order valence-electron chi connectivity index (χ1n) is 7.54. The summed E-state index contributed by atoms with van der Waals surface area (Å²) >= 11 is 0. The smallest absolute Gasteiger partial charge is 0.312 e. The van der Waals surface area contributed by atoms with Crippen molar-refractivity contribution in [2.24, 2.45) is 0 Å². The number of nitrogens with zero attached hydrogens (tertiary/aromatic N) is 2. The van der Waals surface area contributed by atoms with Gasteiger partial charge >= 0.3 is 5.97 Å². The number of carbonyl (C=O) groups is 3. The first kappa shape index (κ1) is 16.8. The first-order chi connectivity index (χ1) is 11.7. The molecule has 0 saturated heterocycles. The summed E-state index contributed by atoms with van der Waals surface area (Å²) in [6.45, 7) is 5.92. The number of carboxylic acids is 1. The Hall–Kier alpha value is -3.03.